The molecule has 3 atom stereocenters. The predicted molar refractivity (Wildman–Crippen MR) is 59.3 cm³/mol. The summed E-state index contributed by atoms with van der Waals surface area (Å²) >= 11 is 0. The van der Waals surface area contributed by atoms with E-state index in [1.165, 1.54) is 0 Å². The monoisotopic (exact) mass is 208 g/mol. The van der Waals surface area contributed by atoms with E-state index in [-0.39, 0.29) is 22.9 Å². The van der Waals surface area contributed by atoms with E-state index in [1.807, 2.05) is 20.8 Å². The zero-order valence-electron chi connectivity index (χ0n) is 10.0. The molecule has 2 heteroatoms. The number of carbonyl (C=O) groups excluding carboxylic acids is 1. The molecule has 0 amide bonds. The second-order valence-corrected chi connectivity index (χ2v) is 6.15. The number of carbonyl (C=O) groups is 1. The van der Waals surface area contributed by atoms with Crippen molar-refractivity contribution in [3.63, 3.8) is 0 Å². The zero-order chi connectivity index (χ0) is 11.3. The Labute approximate surface area is 91.7 Å². The highest BCUT2D eigenvalue weighted by Gasteiger charge is 2.49. The topological polar surface area (TPSA) is 26.3 Å². The molecule has 0 radical (unpaired) electrons. The maximum Gasteiger partial charge on any atom is 0.310 e. The molecule has 2 rings (SSSR count). The van der Waals surface area contributed by atoms with Crippen LogP contribution in [-0.4, -0.2) is 11.6 Å². The van der Waals surface area contributed by atoms with Crippen LogP contribution >= 0.6 is 0 Å². The normalized spacial score (nSPS) is 38.4. The largest absolute Gasteiger partial charge is 0.460 e. The molecule has 84 valence electrons. The highest BCUT2D eigenvalue weighted by atomic mass is 16.6. The summed E-state index contributed by atoms with van der Waals surface area (Å²) < 4.78 is 5.47. The van der Waals surface area contributed by atoms with Gasteiger partial charge in [-0.05, 0) is 44.9 Å². The molecule has 2 bridgehead atoms. The average molecular weight is 208 g/mol. The van der Waals surface area contributed by atoms with Gasteiger partial charge in [-0.1, -0.05) is 19.1 Å². The second-order valence-electron chi connectivity index (χ2n) is 6.15. The van der Waals surface area contributed by atoms with Crippen molar-refractivity contribution >= 4 is 5.97 Å². The zero-order valence-corrected chi connectivity index (χ0v) is 10.0. The van der Waals surface area contributed by atoms with Crippen LogP contribution < -0.4 is 0 Å². The molecule has 0 aliphatic heterocycles. The quantitative estimate of drug-likeness (QED) is 0.489. The number of hydrogen-bond acceptors (Lipinski definition) is 2. The Balaban J connectivity index is 2.07. The van der Waals surface area contributed by atoms with Crippen LogP contribution in [0.4, 0.5) is 0 Å². The fourth-order valence-electron chi connectivity index (χ4n) is 2.79. The van der Waals surface area contributed by atoms with Gasteiger partial charge >= 0.3 is 5.97 Å². The molecule has 0 aromatic carbocycles. The first-order chi connectivity index (χ1) is 6.80. The van der Waals surface area contributed by atoms with Crippen molar-refractivity contribution in [3.8, 4) is 0 Å². The lowest BCUT2D eigenvalue weighted by molar-refractivity contribution is -0.162. The van der Waals surface area contributed by atoms with Crippen molar-refractivity contribution in [1.29, 1.82) is 0 Å². The van der Waals surface area contributed by atoms with E-state index >= 15 is 0 Å². The van der Waals surface area contributed by atoms with Crippen molar-refractivity contribution in [2.24, 2.45) is 17.3 Å². The van der Waals surface area contributed by atoms with E-state index in [4.69, 9.17) is 4.74 Å². The molecule has 1 saturated carbocycles. The minimum absolute atomic E-state index is 0.0168. The van der Waals surface area contributed by atoms with Gasteiger partial charge in [0.05, 0.1) is 5.92 Å². The summed E-state index contributed by atoms with van der Waals surface area (Å²) in [6, 6.07) is 0. The van der Waals surface area contributed by atoms with Gasteiger partial charge in [-0.2, -0.15) is 0 Å². The van der Waals surface area contributed by atoms with Crippen molar-refractivity contribution < 1.29 is 9.53 Å². The van der Waals surface area contributed by atoms with Gasteiger partial charge in [0.25, 0.3) is 0 Å². The molecule has 1 fully saturated rings. The van der Waals surface area contributed by atoms with E-state index in [0.717, 1.165) is 12.8 Å². The van der Waals surface area contributed by atoms with Gasteiger partial charge in [0.1, 0.15) is 5.60 Å². The first-order valence-corrected chi connectivity index (χ1v) is 5.72. The Morgan fingerprint density at radius 3 is 2.53 bits per heavy atom. The number of allylic oxidation sites excluding steroid dienone is 2. The van der Waals surface area contributed by atoms with Crippen LogP contribution in [0.2, 0.25) is 0 Å². The van der Waals surface area contributed by atoms with Gasteiger partial charge < -0.3 is 4.74 Å². The Morgan fingerprint density at radius 2 is 2.13 bits per heavy atom. The molecule has 0 aromatic rings. The number of ether oxygens (including phenoxy) is 1. The third-order valence-electron chi connectivity index (χ3n) is 3.48. The van der Waals surface area contributed by atoms with Crippen LogP contribution in [0.15, 0.2) is 12.2 Å². The number of rotatable bonds is 1. The summed E-state index contributed by atoms with van der Waals surface area (Å²) in [5, 5.41) is 0. The molecule has 2 nitrogen and oxygen atoms in total. The predicted octanol–water partition coefficient (Wildman–Crippen LogP) is 2.93. The van der Waals surface area contributed by atoms with Gasteiger partial charge in [0.15, 0.2) is 0 Å². The van der Waals surface area contributed by atoms with Crippen LogP contribution in [0.3, 0.4) is 0 Å². The van der Waals surface area contributed by atoms with Gasteiger partial charge in [0.2, 0.25) is 0 Å². The molecule has 0 N–H and O–H groups in total. The summed E-state index contributed by atoms with van der Waals surface area (Å²) in [5.74, 6) is 0.663. The van der Waals surface area contributed by atoms with Gasteiger partial charge in [-0.3, -0.25) is 4.79 Å². The Morgan fingerprint density at radius 1 is 1.47 bits per heavy atom. The molecule has 2 aliphatic carbocycles. The number of fused-ring (bicyclic) bond motifs is 2. The third-order valence-corrected chi connectivity index (χ3v) is 3.48. The standard InChI is InChI=1S/C13H20O2/c1-12(2,3)15-11(14)10-7-9-5-6-13(10,4)8-9/h5-6,9-10H,7-8H2,1-4H3/t9-,10+,13+/m1/s1. The lowest BCUT2D eigenvalue weighted by atomic mass is 9.80. The molecule has 2 aliphatic rings. The molecular formula is C13H20O2. The molecule has 0 spiro atoms. The smallest absolute Gasteiger partial charge is 0.310 e. The van der Waals surface area contributed by atoms with Crippen molar-refractivity contribution in [2.75, 3.05) is 0 Å². The summed E-state index contributed by atoms with van der Waals surface area (Å²) in [5.41, 5.74) is -0.300. The van der Waals surface area contributed by atoms with E-state index in [9.17, 15) is 4.79 Å². The average Bonchev–Trinajstić information content (AvgIpc) is 2.55. The van der Waals surface area contributed by atoms with Gasteiger partial charge in [0, 0.05) is 0 Å². The van der Waals surface area contributed by atoms with E-state index in [0.29, 0.717) is 5.92 Å². The molecular weight excluding hydrogens is 188 g/mol. The molecule has 15 heavy (non-hydrogen) atoms. The minimum atomic E-state index is -0.362. The third kappa shape index (κ3) is 1.95. The maximum atomic E-state index is 12.0. The number of esters is 1. The fraction of sp³-hybridized carbons (Fsp3) is 0.769. The van der Waals surface area contributed by atoms with Crippen molar-refractivity contribution in [2.45, 2.75) is 46.1 Å². The summed E-state index contributed by atoms with van der Waals surface area (Å²) in [4.78, 5) is 12.0. The molecule has 0 unspecified atom stereocenters. The summed E-state index contributed by atoms with van der Waals surface area (Å²) in [7, 11) is 0. The van der Waals surface area contributed by atoms with Gasteiger partial charge in [-0.25, -0.2) is 0 Å². The second kappa shape index (κ2) is 3.10. The first-order valence-electron chi connectivity index (χ1n) is 5.72. The van der Waals surface area contributed by atoms with Crippen LogP contribution in [-0.2, 0) is 9.53 Å². The Hall–Kier alpha value is -0.790. The summed E-state index contributed by atoms with van der Waals surface area (Å²) in [6.07, 6.45) is 6.55. The van der Waals surface area contributed by atoms with Crippen LogP contribution in [0.25, 0.3) is 0 Å². The van der Waals surface area contributed by atoms with Gasteiger partial charge in [-0.15, -0.1) is 0 Å². The summed E-state index contributed by atoms with van der Waals surface area (Å²) in [6.45, 7) is 7.95. The van der Waals surface area contributed by atoms with E-state index in [2.05, 4.69) is 19.1 Å². The highest BCUT2D eigenvalue weighted by Crippen LogP contribution is 2.53. The number of hydrogen-bond donors (Lipinski definition) is 0. The Bertz CT molecular complexity index is 311. The molecule has 0 heterocycles. The Kier molecular flexibility index (Phi) is 2.21. The maximum absolute atomic E-state index is 12.0. The van der Waals surface area contributed by atoms with E-state index < -0.39 is 0 Å². The van der Waals surface area contributed by atoms with Crippen LogP contribution in [0.5, 0.6) is 0 Å². The van der Waals surface area contributed by atoms with Crippen LogP contribution in [0.1, 0.15) is 40.5 Å². The van der Waals surface area contributed by atoms with Crippen molar-refractivity contribution in [1.82, 2.24) is 0 Å². The minimum Gasteiger partial charge on any atom is -0.460 e. The van der Waals surface area contributed by atoms with E-state index in [1.54, 1.807) is 0 Å². The lowest BCUT2D eigenvalue weighted by Crippen LogP contribution is -2.34. The van der Waals surface area contributed by atoms with Crippen LogP contribution in [0, 0.1) is 17.3 Å². The first kappa shape index (κ1) is 10.7. The SMILES string of the molecule is CC(C)(C)OC(=O)[C@@H]1C[C@H]2C=C[C@@]1(C)C2. The highest BCUT2D eigenvalue weighted by molar-refractivity contribution is 5.75. The fourth-order valence-corrected chi connectivity index (χ4v) is 2.79. The molecule has 0 saturated heterocycles. The molecule has 0 aromatic heterocycles. The lowest BCUT2D eigenvalue weighted by Gasteiger charge is -2.29. The van der Waals surface area contributed by atoms with Crippen molar-refractivity contribution in [3.05, 3.63) is 12.2 Å².